The van der Waals surface area contributed by atoms with E-state index in [2.05, 4.69) is 5.32 Å². The summed E-state index contributed by atoms with van der Waals surface area (Å²) in [6.07, 6.45) is 0.448. The number of nitrogens with zero attached hydrogens (tertiary/aromatic N) is 1. The lowest BCUT2D eigenvalue weighted by Gasteiger charge is -2.25. The normalized spacial score (nSPS) is 15.2. The van der Waals surface area contributed by atoms with Gasteiger partial charge < -0.3 is 5.32 Å². The average Bonchev–Trinajstić information content (AvgIpc) is 3.12. The van der Waals surface area contributed by atoms with E-state index < -0.39 is 6.04 Å². The molecule has 1 aliphatic rings. The summed E-state index contributed by atoms with van der Waals surface area (Å²) in [4.78, 5) is 27.6. The van der Waals surface area contributed by atoms with Gasteiger partial charge in [-0.3, -0.25) is 14.5 Å². The van der Waals surface area contributed by atoms with Crippen LogP contribution in [0.25, 0.3) is 0 Å². The predicted octanol–water partition coefficient (Wildman–Crippen LogP) is 3.71. The zero-order valence-corrected chi connectivity index (χ0v) is 15.1. The maximum Gasteiger partial charge on any atom is 0.259 e. The van der Waals surface area contributed by atoms with Gasteiger partial charge in [0, 0.05) is 24.2 Å². The van der Waals surface area contributed by atoms with E-state index in [4.69, 9.17) is 0 Å². The Kier molecular flexibility index (Phi) is 4.89. The van der Waals surface area contributed by atoms with Gasteiger partial charge in [0.1, 0.15) is 11.9 Å². The van der Waals surface area contributed by atoms with E-state index in [0.717, 1.165) is 11.3 Å². The molecule has 3 aromatic carbocycles. The van der Waals surface area contributed by atoms with Crippen LogP contribution in [0.3, 0.4) is 0 Å². The minimum Gasteiger partial charge on any atom is -0.350 e. The maximum absolute atomic E-state index is 13.4. The Bertz CT molecular complexity index is 1020. The van der Waals surface area contributed by atoms with Gasteiger partial charge in [-0.1, -0.05) is 48.5 Å². The quantitative estimate of drug-likeness (QED) is 0.757. The summed E-state index contributed by atoms with van der Waals surface area (Å²) >= 11 is 0. The fourth-order valence-electron chi connectivity index (χ4n) is 3.52. The Morgan fingerprint density at radius 3 is 2.50 bits per heavy atom. The fourth-order valence-corrected chi connectivity index (χ4v) is 3.52. The predicted molar refractivity (Wildman–Crippen MR) is 105 cm³/mol. The molecule has 0 radical (unpaired) electrons. The number of para-hydroxylation sites is 1. The van der Waals surface area contributed by atoms with Crippen molar-refractivity contribution >= 4 is 17.5 Å². The third-order valence-electron chi connectivity index (χ3n) is 4.87. The number of hydrogen-bond acceptors (Lipinski definition) is 2. The number of halogens is 1. The minimum atomic E-state index is -0.640. The Morgan fingerprint density at radius 2 is 1.71 bits per heavy atom. The molecule has 0 spiro atoms. The Morgan fingerprint density at radius 1 is 0.964 bits per heavy atom. The van der Waals surface area contributed by atoms with Gasteiger partial charge in [-0.2, -0.15) is 0 Å². The van der Waals surface area contributed by atoms with Crippen LogP contribution in [-0.4, -0.2) is 17.9 Å². The van der Waals surface area contributed by atoms with Crippen LogP contribution in [0.4, 0.5) is 10.1 Å². The first-order valence-electron chi connectivity index (χ1n) is 9.12. The summed E-state index contributed by atoms with van der Waals surface area (Å²) in [7, 11) is 0. The number of fused-ring (bicyclic) bond motifs is 1. The van der Waals surface area contributed by atoms with Crippen molar-refractivity contribution in [2.24, 2.45) is 0 Å². The number of benzene rings is 3. The van der Waals surface area contributed by atoms with Crippen LogP contribution in [-0.2, 0) is 17.8 Å². The molecule has 3 aromatic rings. The zero-order chi connectivity index (χ0) is 19.5. The average molecular weight is 374 g/mol. The first-order valence-corrected chi connectivity index (χ1v) is 9.12. The molecule has 0 fully saturated rings. The van der Waals surface area contributed by atoms with Crippen molar-refractivity contribution in [2.45, 2.75) is 19.0 Å². The van der Waals surface area contributed by atoms with E-state index in [-0.39, 0.29) is 24.2 Å². The Balaban J connectivity index is 1.58. The number of anilines is 1. The highest BCUT2D eigenvalue weighted by Gasteiger charge is 2.38. The molecule has 1 N–H and O–H groups in total. The van der Waals surface area contributed by atoms with Crippen LogP contribution in [0, 0.1) is 5.82 Å². The van der Waals surface area contributed by atoms with Crippen molar-refractivity contribution in [1.82, 2.24) is 5.32 Å². The van der Waals surface area contributed by atoms with Crippen LogP contribution in [0.5, 0.6) is 0 Å². The third-order valence-corrected chi connectivity index (χ3v) is 4.87. The van der Waals surface area contributed by atoms with Crippen molar-refractivity contribution in [3.63, 3.8) is 0 Å². The van der Waals surface area contributed by atoms with Gasteiger partial charge in [0.25, 0.3) is 5.91 Å². The molecule has 0 aromatic heterocycles. The van der Waals surface area contributed by atoms with Crippen molar-refractivity contribution in [1.29, 1.82) is 0 Å². The molecule has 2 amide bonds. The lowest BCUT2D eigenvalue weighted by Crippen LogP contribution is -2.48. The summed E-state index contributed by atoms with van der Waals surface area (Å²) < 4.78 is 13.4. The number of carbonyl (C=O) groups is 2. The van der Waals surface area contributed by atoms with Gasteiger partial charge in [0.05, 0.1) is 0 Å². The number of nitrogens with one attached hydrogen (secondary N) is 1. The van der Waals surface area contributed by atoms with Crippen LogP contribution in [0.1, 0.15) is 21.5 Å². The molecule has 0 bridgehead atoms. The molecule has 1 atom stereocenters. The van der Waals surface area contributed by atoms with Crippen LogP contribution >= 0.6 is 0 Å². The van der Waals surface area contributed by atoms with Crippen LogP contribution < -0.4 is 10.2 Å². The Hall–Kier alpha value is -3.47. The monoisotopic (exact) mass is 374 g/mol. The van der Waals surface area contributed by atoms with E-state index >= 15 is 0 Å². The summed E-state index contributed by atoms with van der Waals surface area (Å²) in [6.45, 7) is 0.205. The molecule has 28 heavy (non-hydrogen) atoms. The van der Waals surface area contributed by atoms with E-state index in [0.29, 0.717) is 17.5 Å². The molecule has 140 valence electrons. The first kappa shape index (κ1) is 17.9. The zero-order valence-electron chi connectivity index (χ0n) is 15.1. The Labute approximate surface area is 162 Å². The first-order chi connectivity index (χ1) is 13.6. The number of hydrogen-bond donors (Lipinski definition) is 1. The lowest BCUT2D eigenvalue weighted by molar-refractivity contribution is -0.122. The maximum atomic E-state index is 13.4. The van der Waals surface area contributed by atoms with E-state index in [1.807, 2.05) is 30.3 Å². The second-order valence-corrected chi connectivity index (χ2v) is 6.74. The van der Waals surface area contributed by atoms with Crippen LogP contribution in [0.15, 0.2) is 78.9 Å². The molecular weight excluding hydrogens is 355 g/mol. The third kappa shape index (κ3) is 3.51. The molecule has 1 heterocycles. The molecule has 0 aliphatic carbocycles. The van der Waals surface area contributed by atoms with Crippen molar-refractivity contribution in [3.05, 3.63) is 101 Å². The van der Waals surface area contributed by atoms with Gasteiger partial charge in [0.15, 0.2) is 0 Å². The van der Waals surface area contributed by atoms with Crippen molar-refractivity contribution in [2.75, 3.05) is 4.90 Å². The number of carbonyl (C=O) groups excluding carboxylic acids is 2. The highest BCUT2D eigenvalue weighted by Crippen LogP contribution is 2.33. The standard InChI is InChI=1S/C23H19FN2O2/c24-19-11-6-7-16(13-19)15-25-22(27)21-14-18-10-4-5-12-20(18)26(21)23(28)17-8-2-1-3-9-17/h1-13,21H,14-15H2,(H,25,27)/t21-/m1/s1. The second kappa shape index (κ2) is 7.64. The van der Waals surface area contributed by atoms with Gasteiger partial charge in [0.2, 0.25) is 5.91 Å². The molecule has 1 aliphatic heterocycles. The van der Waals surface area contributed by atoms with Crippen molar-refractivity contribution < 1.29 is 14.0 Å². The molecule has 0 saturated heterocycles. The highest BCUT2D eigenvalue weighted by molar-refractivity contribution is 6.11. The summed E-state index contributed by atoms with van der Waals surface area (Å²) in [5.74, 6) is -0.817. The van der Waals surface area contributed by atoms with Crippen LogP contribution in [0.2, 0.25) is 0 Å². The van der Waals surface area contributed by atoms with E-state index in [9.17, 15) is 14.0 Å². The largest absolute Gasteiger partial charge is 0.350 e. The van der Waals surface area contributed by atoms with Gasteiger partial charge in [-0.15, -0.1) is 0 Å². The topological polar surface area (TPSA) is 49.4 Å². The molecule has 5 heteroatoms. The summed E-state index contributed by atoms with van der Waals surface area (Å²) in [5, 5.41) is 2.84. The molecule has 0 saturated carbocycles. The summed E-state index contributed by atoms with van der Waals surface area (Å²) in [5.41, 5.74) is 2.91. The van der Waals surface area contributed by atoms with Gasteiger partial charge in [-0.25, -0.2) is 4.39 Å². The van der Waals surface area contributed by atoms with Gasteiger partial charge >= 0.3 is 0 Å². The summed E-state index contributed by atoms with van der Waals surface area (Å²) in [6, 6.07) is 21.9. The fraction of sp³-hybridized carbons (Fsp3) is 0.130. The lowest BCUT2D eigenvalue weighted by atomic mass is 10.1. The molecular formula is C23H19FN2O2. The molecule has 4 rings (SSSR count). The molecule has 4 nitrogen and oxygen atoms in total. The number of amides is 2. The van der Waals surface area contributed by atoms with Crippen molar-refractivity contribution in [3.8, 4) is 0 Å². The van der Waals surface area contributed by atoms with E-state index in [1.54, 1.807) is 41.3 Å². The minimum absolute atomic E-state index is 0.205. The van der Waals surface area contributed by atoms with Gasteiger partial charge in [-0.05, 0) is 41.5 Å². The second-order valence-electron chi connectivity index (χ2n) is 6.74. The van der Waals surface area contributed by atoms with E-state index in [1.165, 1.54) is 12.1 Å². The smallest absolute Gasteiger partial charge is 0.259 e. The SMILES string of the molecule is O=C(NCc1cccc(F)c1)[C@H]1Cc2ccccc2N1C(=O)c1ccccc1. The molecule has 0 unspecified atom stereocenters. The number of rotatable bonds is 4. The highest BCUT2D eigenvalue weighted by atomic mass is 19.1.